The van der Waals surface area contributed by atoms with E-state index in [1.54, 1.807) is 16.7 Å². The first-order valence-corrected chi connectivity index (χ1v) is 11.0. The smallest absolute Gasteiger partial charge is 0.341 e. The van der Waals surface area contributed by atoms with E-state index in [2.05, 4.69) is 12.1 Å². The summed E-state index contributed by atoms with van der Waals surface area (Å²) in [7, 11) is 0. The SMILES string of the molecule is CC(C)Oc1cc2nc([C@H]3CC[C@H](COCc4ccccc4)CC3)cn2cc1C(=O)O. The van der Waals surface area contributed by atoms with Crippen LogP contribution < -0.4 is 4.74 Å². The molecule has 1 N–H and O–H groups in total. The summed E-state index contributed by atoms with van der Waals surface area (Å²) in [6, 6.07) is 12.0. The monoisotopic (exact) mass is 422 g/mol. The molecule has 0 radical (unpaired) electrons. The highest BCUT2D eigenvalue weighted by Crippen LogP contribution is 2.36. The summed E-state index contributed by atoms with van der Waals surface area (Å²) < 4.78 is 13.5. The molecule has 2 heterocycles. The van der Waals surface area contributed by atoms with Crippen LogP contribution in [0.2, 0.25) is 0 Å². The molecule has 1 aromatic carbocycles. The lowest BCUT2D eigenvalue weighted by Crippen LogP contribution is -2.18. The molecule has 164 valence electrons. The van der Waals surface area contributed by atoms with Crippen LogP contribution in [0.1, 0.15) is 67.1 Å². The van der Waals surface area contributed by atoms with Crippen LogP contribution in [-0.4, -0.2) is 33.2 Å². The van der Waals surface area contributed by atoms with Crippen LogP contribution in [-0.2, 0) is 11.3 Å². The second-order valence-corrected chi connectivity index (χ2v) is 8.67. The molecule has 4 rings (SSSR count). The standard InChI is InChI=1S/C25H30N2O4/c1-17(2)31-23-12-24-26-22(14-27(24)13-21(23)25(28)29)20-10-8-19(9-11-20)16-30-15-18-6-4-3-5-7-18/h3-7,12-14,17,19-20H,8-11,15-16H2,1-2H3,(H,28,29)/t19-,20-. The van der Waals surface area contributed by atoms with Crippen molar-refractivity contribution < 1.29 is 19.4 Å². The van der Waals surface area contributed by atoms with E-state index in [0.29, 0.717) is 24.2 Å². The maximum Gasteiger partial charge on any atom is 0.341 e. The minimum atomic E-state index is -0.996. The Bertz CT molecular complexity index is 1020. The number of benzene rings is 1. The van der Waals surface area contributed by atoms with Crippen molar-refractivity contribution in [2.75, 3.05) is 6.61 Å². The number of nitrogens with zero attached hydrogens (tertiary/aromatic N) is 2. The third-order valence-corrected chi connectivity index (χ3v) is 5.90. The van der Waals surface area contributed by atoms with Crippen LogP contribution in [0.25, 0.3) is 5.65 Å². The van der Waals surface area contributed by atoms with Gasteiger partial charge in [0.2, 0.25) is 0 Å². The van der Waals surface area contributed by atoms with Crippen LogP contribution in [0.4, 0.5) is 0 Å². The number of imidazole rings is 1. The average molecular weight is 423 g/mol. The second-order valence-electron chi connectivity index (χ2n) is 8.67. The predicted molar refractivity (Wildman–Crippen MR) is 119 cm³/mol. The molecule has 0 aliphatic heterocycles. The number of pyridine rings is 1. The van der Waals surface area contributed by atoms with Crippen molar-refractivity contribution in [1.29, 1.82) is 0 Å². The predicted octanol–water partition coefficient (Wildman–Crippen LogP) is 5.31. The first-order chi connectivity index (χ1) is 15.0. The molecule has 6 nitrogen and oxygen atoms in total. The number of rotatable bonds is 8. The number of hydrogen-bond acceptors (Lipinski definition) is 4. The number of fused-ring (bicyclic) bond motifs is 1. The van der Waals surface area contributed by atoms with Gasteiger partial charge >= 0.3 is 5.97 Å². The van der Waals surface area contributed by atoms with Crippen molar-refractivity contribution in [2.24, 2.45) is 5.92 Å². The number of aromatic carboxylic acids is 1. The molecular weight excluding hydrogens is 392 g/mol. The van der Waals surface area contributed by atoms with Crippen LogP contribution >= 0.6 is 0 Å². The van der Waals surface area contributed by atoms with Crippen LogP contribution in [0.5, 0.6) is 5.75 Å². The van der Waals surface area contributed by atoms with Crippen LogP contribution in [0, 0.1) is 5.92 Å². The maximum atomic E-state index is 11.6. The number of carbonyl (C=O) groups is 1. The van der Waals surface area contributed by atoms with Crippen LogP contribution in [0.15, 0.2) is 48.8 Å². The average Bonchev–Trinajstić information content (AvgIpc) is 3.17. The lowest BCUT2D eigenvalue weighted by molar-refractivity contribution is 0.0690. The molecule has 0 unspecified atom stereocenters. The fourth-order valence-corrected chi connectivity index (χ4v) is 4.29. The molecule has 0 saturated heterocycles. The number of aromatic nitrogens is 2. The normalized spacial score (nSPS) is 19.1. The van der Waals surface area contributed by atoms with Crippen molar-refractivity contribution in [3.63, 3.8) is 0 Å². The Labute approximate surface area is 182 Å². The summed E-state index contributed by atoms with van der Waals surface area (Å²) in [5.41, 5.74) is 3.12. The minimum absolute atomic E-state index is 0.102. The zero-order valence-corrected chi connectivity index (χ0v) is 18.2. The Morgan fingerprint density at radius 3 is 2.58 bits per heavy atom. The van der Waals surface area contributed by atoms with Gasteiger partial charge in [-0.15, -0.1) is 0 Å². The van der Waals surface area contributed by atoms with Crippen molar-refractivity contribution in [2.45, 2.75) is 58.2 Å². The van der Waals surface area contributed by atoms with Gasteiger partial charge in [0.25, 0.3) is 0 Å². The summed E-state index contributed by atoms with van der Waals surface area (Å²) >= 11 is 0. The zero-order valence-electron chi connectivity index (χ0n) is 18.2. The van der Waals surface area contributed by atoms with Gasteiger partial charge in [-0.3, -0.25) is 0 Å². The molecule has 2 aromatic heterocycles. The first kappa shape index (κ1) is 21.4. The lowest BCUT2D eigenvalue weighted by atomic mass is 9.81. The Balaban J connectivity index is 1.37. The fourth-order valence-electron chi connectivity index (χ4n) is 4.29. The molecule has 1 saturated carbocycles. The van der Waals surface area contributed by atoms with Crippen molar-refractivity contribution in [3.05, 3.63) is 65.6 Å². The van der Waals surface area contributed by atoms with Gasteiger partial charge in [0.05, 0.1) is 18.4 Å². The zero-order chi connectivity index (χ0) is 21.8. The summed E-state index contributed by atoms with van der Waals surface area (Å²) in [6.45, 7) is 5.23. The summed E-state index contributed by atoms with van der Waals surface area (Å²) in [5.74, 6) is 0.352. The van der Waals surface area contributed by atoms with Gasteiger partial charge in [0, 0.05) is 31.0 Å². The van der Waals surface area contributed by atoms with E-state index in [1.165, 1.54) is 5.56 Å². The summed E-state index contributed by atoms with van der Waals surface area (Å²) in [5, 5.41) is 9.54. The number of hydrogen-bond donors (Lipinski definition) is 1. The Hall–Kier alpha value is -2.86. The van der Waals surface area contributed by atoms with E-state index >= 15 is 0 Å². The van der Waals surface area contributed by atoms with Crippen molar-refractivity contribution >= 4 is 11.6 Å². The lowest BCUT2D eigenvalue weighted by Gasteiger charge is -2.27. The quantitative estimate of drug-likeness (QED) is 0.532. The van der Waals surface area contributed by atoms with E-state index in [-0.39, 0.29) is 11.7 Å². The number of carboxylic acids is 1. The highest BCUT2D eigenvalue weighted by atomic mass is 16.5. The molecule has 3 aromatic rings. The molecule has 0 bridgehead atoms. The molecule has 0 amide bonds. The largest absolute Gasteiger partial charge is 0.490 e. The molecule has 6 heteroatoms. The van der Waals surface area contributed by atoms with Crippen molar-refractivity contribution in [1.82, 2.24) is 9.38 Å². The first-order valence-electron chi connectivity index (χ1n) is 11.0. The fraction of sp³-hybridized carbons (Fsp3) is 0.440. The molecule has 1 fully saturated rings. The second kappa shape index (κ2) is 9.52. The third-order valence-electron chi connectivity index (χ3n) is 5.90. The van der Waals surface area contributed by atoms with Crippen molar-refractivity contribution in [3.8, 4) is 5.75 Å². The van der Waals surface area contributed by atoms with E-state index in [9.17, 15) is 9.90 Å². The van der Waals surface area contributed by atoms with Gasteiger partial charge in [0.1, 0.15) is 17.0 Å². The third kappa shape index (κ3) is 5.25. The van der Waals surface area contributed by atoms with Crippen LogP contribution in [0.3, 0.4) is 0 Å². The van der Waals surface area contributed by atoms with E-state index in [1.807, 2.05) is 38.2 Å². The van der Waals surface area contributed by atoms with E-state index < -0.39 is 5.97 Å². The molecule has 1 aliphatic carbocycles. The molecule has 0 spiro atoms. The molecule has 1 aliphatic rings. The van der Waals surface area contributed by atoms with Gasteiger partial charge in [0.15, 0.2) is 0 Å². The van der Waals surface area contributed by atoms with Gasteiger partial charge in [-0.05, 0) is 51.0 Å². The highest BCUT2D eigenvalue weighted by molar-refractivity contribution is 5.91. The van der Waals surface area contributed by atoms with Gasteiger partial charge in [-0.2, -0.15) is 0 Å². The Morgan fingerprint density at radius 2 is 1.90 bits per heavy atom. The Kier molecular flexibility index (Phi) is 6.56. The van der Waals surface area contributed by atoms with Gasteiger partial charge < -0.3 is 19.0 Å². The molecule has 31 heavy (non-hydrogen) atoms. The van der Waals surface area contributed by atoms with E-state index in [4.69, 9.17) is 14.5 Å². The highest BCUT2D eigenvalue weighted by Gasteiger charge is 2.25. The maximum absolute atomic E-state index is 11.6. The van der Waals surface area contributed by atoms with Gasteiger partial charge in [-0.25, -0.2) is 9.78 Å². The minimum Gasteiger partial charge on any atom is -0.490 e. The number of ether oxygens (including phenoxy) is 2. The Morgan fingerprint density at radius 1 is 1.16 bits per heavy atom. The molecular formula is C25H30N2O4. The topological polar surface area (TPSA) is 73.1 Å². The van der Waals surface area contributed by atoms with Gasteiger partial charge in [-0.1, -0.05) is 30.3 Å². The summed E-state index contributed by atoms with van der Waals surface area (Å²) in [4.78, 5) is 16.4. The van der Waals surface area contributed by atoms with E-state index in [0.717, 1.165) is 43.6 Å². The number of carboxylic acid groups (broad SMARTS) is 1. The molecule has 0 atom stereocenters. The summed E-state index contributed by atoms with van der Waals surface area (Å²) in [6.07, 6.45) is 7.86.